The largest absolute Gasteiger partial charge is 0.330 e. The highest BCUT2D eigenvalue weighted by molar-refractivity contribution is 6.34. The first-order valence-corrected chi connectivity index (χ1v) is 7.00. The van der Waals surface area contributed by atoms with Gasteiger partial charge in [-0.15, -0.1) is 0 Å². The van der Waals surface area contributed by atoms with E-state index in [4.69, 9.17) is 17.3 Å². The molecule has 2 N–H and O–H groups in total. The predicted molar refractivity (Wildman–Crippen MR) is 78.3 cm³/mol. The SMILES string of the molecule is CN1CC(CN)CC1c1ccc2c(c1)c(Cl)nn2C. The molecule has 1 aliphatic heterocycles. The van der Waals surface area contributed by atoms with Crippen molar-refractivity contribution in [1.29, 1.82) is 0 Å². The van der Waals surface area contributed by atoms with Crippen LogP contribution in [0, 0.1) is 5.92 Å². The molecule has 102 valence electrons. The van der Waals surface area contributed by atoms with Gasteiger partial charge in [-0.05, 0) is 43.6 Å². The zero-order valence-corrected chi connectivity index (χ0v) is 12.1. The Morgan fingerprint density at radius 3 is 2.89 bits per heavy atom. The Morgan fingerprint density at radius 1 is 1.42 bits per heavy atom. The van der Waals surface area contributed by atoms with Gasteiger partial charge in [0.15, 0.2) is 5.15 Å². The summed E-state index contributed by atoms with van der Waals surface area (Å²) < 4.78 is 1.82. The number of likely N-dealkylation sites (tertiary alicyclic amines) is 1. The van der Waals surface area contributed by atoms with Crippen LogP contribution in [0.25, 0.3) is 10.9 Å². The Bertz CT molecular complexity index is 607. The van der Waals surface area contributed by atoms with Crippen molar-refractivity contribution < 1.29 is 0 Å². The molecule has 4 nitrogen and oxygen atoms in total. The molecule has 2 heterocycles. The third-order valence-corrected chi connectivity index (χ3v) is 4.46. The number of aryl methyl sites for hydroxylation is 1. The van der Waals surface area contributed by atoms with Crippen LogP contribution < -0.4 is 5.73 Å². The quantitative estimate of drug-likeness (QED) is 0.916. The molecule has 2 atom stereocenters. The van der Waals surface area contributed by atoms with Gasteiger partial charge >= 0.3 is 0 Å². The van der Waals surface area contributed by atoms with Crippen LogP contribution >= 0.6 is 11.6 Å². The van der Waals surface area contributed by atoms with Gasteiger partial charge in [0.05, 0.1) is 5.52 Å². The second-order valence-electron chi connectivity index (χ2n) is 5.48. The molecule has 1 saturated heterocycles. The van der Waals surface area contributed by atoms with E-state index in [-0.39, 0.29) is 0 Å². The van der Waals surface area contributed by atoms with Crippen LogP contribution in [-0.2, 0) is 7.05 Å². The number of rotatable bonds is 2. The van der Waals surface area contributed by atoms with Gasteiger partial charge in [-0.2, -0.15) is 5.10 Å². The molecule has 3 rings (SSSR count). The van der Waals surface area contributed by atoms with Crippen LogP contribution in [0.5, 0.6) is 0 Å². The van der Waals surface area contributed by atoms with E-state index in [1.807, 2.05) is 11.7 Å². The molecule has 1 aromatic heterocycles. The minimum atomic E-state index is 0.439. The van der Waals surface area contributed by atoms with Crippen LogP contribution in [0.4, 0.5) is 0 Å². The van der Waals surface area contributed by atoms with Crippen LogP contribution in [0.3, 0.4) is 0 Å². The van der Waals surface area contributed by atoms with E-state index in [1.54, 1.807) is 0 Å². The number of benzene rings is 1. The molecule has 1 aliphatic rings. The Balaban J connectivity index is 1.99. The van der Waals surface area contributed by atoms with Gasteiger partial charge in [-0.3, -0.25) is 9.58 Å². The number of nitrogens with zero attached hydrogens (tertiary/aromatic N) is 3. The first kappa shape index (κ1) is 12.9. The minimum absolute atomic E-state index is 0.439. The maximum atomic E-state index is 6.18. The number of hydrogen-bond donors (Lipinski definition) is 1. The van der Waals surface area contributed by atoms with Crippen molar-refractivity contribution in [3.8, 4) is 0 Å². The molecule has 1 aromatic carbocycles. The number of aromatic nitrogens is 2. The lowest BCUT2D eigenvalue weighted by molar-refractivity contribution is 0.314. The van der Waals surface area contributed by atoms with Crippen molar-refractivity contribution in [2.24, 2.45) is 18.7 Å². The lowest BCUT2D eigenvalue weighted by atomic mass is 9.99. The van der Waals surface area contributed by atoms with E-state index in [0.29, 0.717) is 17.1 Å². The number of fused-ring (bicyclic) bond motifs is 1. The minimum Gasteiger partial charge on any atom is -0.330 e. The molecule has 5 heteroatoms. The summed E-state index contributed by atoms with van der Waals surface area (Å²) in [5.74, 6) is 0.593. The molecule has 0 saturated carbocycles. The molecule has 1 fully saturated rings. The van der Waals surface area contributed by atoms with E-state index in [9.17, 15) is 0 Å². The van der Waals surface area contributed by atoms with Crippen LogP contribution in [-0.4, -0.2) is 34.8 Å². The molecule has 19 heavy (non-hydrogen) atoms. The first-order chi connectivity index (χ1) is 9.10. The Kier molecular flexibility index (Phi) is 3.25. The maximum Gasteiger partial charge on any atom is 0.158 e. The predicted octanol–water partition coefficient (Wildman–Crippen LogP) is 2.18. The summed E-state index contributed by atoms with van der Waals surface area (Å²) in [6, 6.07) is 6.90. The van der Waals surface area contributed by atoms with Crippen molar-refractivity contribution in [3.05, 3.63) is 28.9 Å². The molecule has 0 spiro atoms. The van der Waals surface area contributed by atoms with Crippen LogP contribution in [0.1, 0.15) is 18.0 Å². The van der Waals surface area contributed by atoms with E-state index in [2.05, 4.69) is 35.2 Å². The molecular formula is C14H19ClN4. The summed E-state index contributed by atoms with van der Waals surface area (Å²) in [4.78, 5) is 2.38. The van der Waals surface area contributed by atoms with Crippen molar-refractivity contribution in [2.75, 3.05) is 20.1 Å². The second kappa shape index (κ2) is 4.78. The molecule has 0 aliphatic carbocycles. The smallest absolute Gasteiger partial charge is 0.158 e. The second-order valence-corrected chi connectivity index (χ2v) is 5.84. The number of hydrogen-bond acceptors (Lipinski definition) is 3. The zero-order chi connectivity index (χ0) is 13.6. The fourth-order valence-corrected chi connectivity index (χ4v) is 3.38. The highest BCUT2D eigenvalue weighted by atomic mass is 35.5. The van der Waals surface area contributed by atoms with Crippen molar-refractivity contribution in [3.63, 3.8) is 0 Å². The first-order valence-electron chi connectivity index (χ1n) is 6.62. The molecule has 0 amide bonds. The molecule has 2 aromatic rings. The Labute approximate surface area is 118 Å². The zero-order valence-electron chi connectivity index (χ0n) is 11.3. The summed E-state index contributed by atoms with van der Waals surface area (Å²) in [6.45, 7) is 1.83. The Hall–Kier alpha value is -1.10. The van der Waals surface area contributed by atoms with Gasteiger partial charge in [0, 0.05) is 25.0 Å². The monoisotopic (exact) mass is 278 g/mol. The average molecular weight is 279 g/mol. The lowest BCUT2D eigenvalue weighted by Crippen LogP contribution is -2.20. The van der Waals surface area contributed by atoms with Crippen molar-refractivity contribution >= 4 is 22.5 Å². The Morgan fingerprint density at radius 2 is 2.21 bits per heavy atom. The van der Waals surface area contributed by atoms with Crippen molar-refractivity contribution in [2.45, 2.75) is 12.5 Å². The summed E-state index contributed by atoms with van der Waals surface area (Å²) in [5.41, 5.74) is 8.17. The van der Waals surface area contributed by atoms with Gasteiger partial charge in [-0.1, -0.05) is 17.7 Å². The summed E-state index contributed by atoms with van der Waals surface area (Å²) in [6.07, 6.45) is 1.12. The molecule has 2 unspecified atom stereocenters. The summed E-state index contributed by atoms with van der Waals surface area (Å²) >= 11 is 6.18. The average Bonchev–Trinajstić information content (AvgIpc) is 2.91. The highest BCUT2D eigenvalue weighted by Crippen LogP contribution is 2.35. The topological polar surface area (TPSA) is 47.1 Å². The van der Waals surface area contributed by atoms with E-state index < -0.39 is 0 Å². The summed E-state index contributed by atoms with van der Waals surface area (Å²) in [7, 11) is 4.08. The van der Waals surface area contributed by atoms with E-state index in [1.165, 1.54) is 5.56 Å². The third kappa shape index (κ3) is 2.14. The van der Waals surface area contributed by atoms with Gasteiger partial charge in [-0.25, -0.2) is 0 Å². The van der Waals surface area contributed by atoms with E-state index >= 15 is 0 Å². The van der Waals surface area contributed by atoms with Crippen LogP contribution in [0.15, 0.2) is 18.2 Å². The highest BCUT2D eigenvalue weighted by Gasteiger charge is 2.29. The van der Waals surface area contributed by atoms with Gasteiger partial charge < -0.3 is 5.73 Å². The van der Waals surface area contributed by atoms with Gasteiger partial charge in [0.25, 0.3) is 0 Å². The fourth-order valence-electron chi connectivity index (χ4n) is 3.11. The van der Waals surface area contributed by atoms with Gasteiger partial charge in [0.2, 0.25) is 0 Å². The third-order valence-electron chi connectivity index (χ3n) is 4.18. The normalized spacial score (nSPS) is 24.4. The summed E-state index contributed by atoms with van der Waals surface area (Å²) in [5, 5.41) is 5.87. The molecule has 0 radical (unpaired) electrons. The number of halogens is 1. The fraction of sp³-hybridized carbons (Fsp3) is 0.500. The van der Waals surface area contributed by atoms with Gasteiger partial charge in [0.1, 0.15) is 0 Å². The lowest BCUT2D eigenvalue weighted by Gasteiger charge is -2.19. The molecular weight excluding hydrogens is 260 g/mol. The standard InChI is InChI=1S/C14H19ClN4/c1-18-8-9(7-16)5-13(18)10-3-4-12-11(6-10)14(15)17-19(12)2/h3-4,6,9,13H,5,7-8,16H2,1-2H3. The van der Waals surface area contributed by atoms with E-state index in [0.717, 1.165) is 30.4 Å². The van der Waals surface area contributed by atoms with Crippen molar-refractivity contribution in [1.82, 2.24) is 14.7 Å². The number of nitrogens with two attached hydrogens (primary N) is 1. The molecule has 0 bridgehead atoms. The van der Waals surface area contributed by atoms with Crippen LogP contribution in [0.2, 0.25) is 5.15 Å². The maximum absolute atomic E-state index is 6.18.